The third-order valence-electron chi connectivity index (χ3n) is 1.93. The Balaban J connectivity index is 0.000000531. The van der Waals surface area contributed by atoms with Crippen LogP contribution in [0.5, 0.6) is 0 Å². The maximum Gasteiger partial charge on any atom is 0.298 e. The fraction of sp³-hybridized carbons (Fsp3) is 0.0769. The summed E-state index contributed by atoms with van der Waals surface area (Å²) in [6, 6.07) is 21.3. The molecule has 2 aromatic carbocycles. The standard InChI is InChI=1S/2C6H5.CH5N.Al/c2*1-2-4-6-5-3-1;1-2;/h2*1-5H;2H2,1H3;. The van der Waals surface area contributed by atoms with Crippen molar-refractivity contribution in [1.82, 2.24) is 0 Å². The summed E-state index contributed by atoms with van der Waals surface area (Å²) in [5, 5.41) is 0. The Kier molecular flexibility index (Phi) is 5.81. The monoisotopic (exact) mass is 212 g/mol. The zero-order chi connectivity index (χ0) is 10.9. The first-order valence-corrected chi connectivity index (χ1v) is 6.13. The van der Waals surface area contributed by atoms with Crippen LogP contribution in [0.25, 0.3) is 0 Å². The SMILES string of the molecule is CN.c1cc[c]([Al][c]2ccccc2)cc1. The molecule has 0 fully saturated rings. The molecular weight excluding hydrogens is 197 g/mol. The van der Waals surface area contributed by atoms with Crippen LogP contribution in [-0.4, -0.2) is 22.3 Å². The highest BCUT2D eigenvalue weighted by Crippen LogP contribution is 1.84. The zero-order valence-electron chi connectivity index (χ0n) is 8.93. The van der Waals surface area contributed by atoms with Crippen LogP contribution in [-0.2, 0) is 0 Å². The van der Waals surface area contributed by atoms with Gasteiger partial charge in [-0.2, -0.15) is 0 Å². The van der Waals surface area contributed by atoms with Gasteiger partial charge in [0.05, 0.1) is 0 Å². The van der Waals surface area contributed by atoms with Crippen molar-refractivity contribution in [2.45, 2.75) is 0 Å². The molecule has 0 atom stereocenters. The molecular formula is C13H15AlN. The molecule has 0 aliphatic carbocycles. The second-order valence-electron chi connectivity index (χ2n) is 2.97. The van der Waals surface area contributed by atoms with Crippen molar-refractivity contribution in [2.75, 3.05) is 7.05 Å². The highest BCUT2D eigenvalue weighted by Gasteiger charge is 1.96. The van der Waals surface area contributed by atoms with Crippen LogP contribution >= 0.6 is 0 Å². The lowest BCUT2D eigenvalue weighted by atomic mass is 10.4. The van der Waals surface area contributed by atoms with Crippen LogP contribution in [0.3, 0.4) is 0 Å². The molecule has 0 bridgehead atoms. The van der Waals surface area contributed by atoms with Crippen LogP contribution in [0.15, 0.2) is 60.7 Å². The topological polar surface area (TPSA) is 26.0 Å². The molecule has 75 valence electrons. The summed E-state index contributed by atoms with van der Waals surface area (Å²) in [6.45, 7) is 0. The Morgan fingerprint density at radius 1 is 0.667 bits per heavy atom. The van der Waals surface area contributed by atoms with Gasteiger partial charge >= 0.3 is 0 Å². The minimum Gasteiger partial charge on any atom is -0.333 e. The number of nitrogens with two attached hydrogens (primary N) is 1. The Hall–Kier alpha value is -1.07. The highest BCUT2D eigenvalue weighted by molar-refractivity contribution is 6.67. The van der Waals surface area contributed by atoms with Gasteiger partial charge in [0, 0.05) is 0 Å². The van der Waals surface area contributed by atoms with Gasteiger partial charge in [0.2, 0.25) is 0 Å². The summed E-state index contributed by atoms with van der Waals surface area (Å²) in [4.78, 5) is 0. The van der Waals surface area contributed by atoms with E-state index in [1.807, 2.05) is 0 Å². The molecule has 15 heavy (non-hydrogen) atoms. The normalized spacial score (nSPS) is 8.67. The van der Waals surface area contributed by atoms with Gasteiger partial charge in [0.15, 0.2) is 0 Å². The van der Waals surface area contributed by atoms with Crippen molar-refractivity contribution in [3.63, 3.8) is 0 Å². The third-order valence-corrected chi connectivity index (χ3v) is 3.37. The molecule has 0 saturated heterocycles. The van der Waals surface area contributed by atoms with Crippen LogP contribution < -0.4 is 14.6 Å². The lowest BCUT2D eigenvalue weighted by Crippen LogP contribution is -2.26. The van der Waals surface area contributed by atoms with E-state index in [9.17, 15) is 0 Å². The maximum absolute atomic E-state index is 4.50. The van der Waals surface area contributed by atoms with Gasteiger partial charge in [-0.25, -0.2) is 0 Å². The molecule has 0 amide bonds. The first-order valence-electron chi connectivity index (χ1n) is 4.98. The summed E-state index contributed by atoms with van der Waals surface area (Å²) in [7, 11) is 1.50. The van der Waals surface area contributed by atoms with Crippen molar-refractivity contribution >= 4 is 24.1 Å². The quantitative estimate of drug-likeness (QED) is 0.736. The van der Waals surface area contributed by atoms with Crippen molar-refractivity contribution in [1.29, 1.82) is 0 Å². The molecule has 0 aromatic heterocycles. The van der Waals surface area contributed by atoms with Crippen molar-refractivity contribution in [3.8, 4) is 0 Å². The average molecular weight is 212 g/mol. The predicted octanol–water partition coefficient (Wildman–Crippen LogP) is 0.916. The minimum atomic E-state index is 0.271. The summed E-state index contributed by atoms with van der Waals surface area (Å²) in [6.07, 6.45) is 0. The van der Waals surface area contributed by atoms with E-state index in [1.165, 1.54) is 15.9 Å². The Morgan fingerprint density at radius 3 is 1.33 bits per heavy atom. The van der Waals surface area contributed by atoms with Gasteiger partial charge in [-0.3, -0.25) is 0 Å². The molecule has 0 spiro atoms. The summed E-state index contributed by atoms with van der Waals surface area (Å²) in [5.74, 6) is 0. The molecule has 0 aliphatic rings. The van der Waals surface area contributed by atoms with Crippen LogP contribution in [0.4, 0.5) is 0 Å². The van der Waals surface area contributed by atoms with Gasteiger partial charge in [0.1, 0.15) is 0 Å². The highest BCUT2D eigenvalue weighted by atomic mass is 27.1. The third kappa shape index (κ3) is 4.31. The van der Waals surface area contributed by atoms with Crippen molar-refractivity contribution in [3.05, 3.63) is 60.7 Å². The number of rotatable bonds is 2. The molecule has 2 heteroatoms. The lowest BCUT2D eigenvalue weighted by Gasteiger charge is -1.98. The lowest BCUT2D eigenvalue weighted by molar-refractivity contribution is 1.48. The summed E-state index contributed by atoms with van der Waals surface area (Å²) in [5.41, 5.74) is 4.50. The molecule has 1 radical (unpaired) electrons. The largest absolute Gasteiger partial charge is 0.333 e. The molecule has 0 unspecified atom stereocenters. The Morgan fingerprint density at radius 2 is 1.00 bits per heavy atom. The smallest absolute Gasteiger partial charge is 0.298 e. The van der Waals surface area contributed by atoms with E-state index >= 15 is 0 Å². The van der Waals surface area contributed by atoms with Gasteiger partial charge in [0.25, 0.3) is 15.2 Å². The molecule has 2 aromatic rings. The van der Waals surface area contributed by atoms with E-state index in [0.29, 0.717) is 0 Å². The summed E-state index contributed by atoms with van der Waals surface area (Å²) >= 11 is 0.271. The van der Waals surface area contributed by atoms with Crippen LogP contribution in [0.1, 0.15) is 0 Å². The van der Waals surface area contributed by atoms with Gasteiger partial charge in [-0.1, -0.05) is 60.7 Å². The van der Waals surface area contributed by atoms with Crippen LogP contribution in [0, 0.1) is 0 Å². The van der Waals surface area contributed by atoms with Gasteiger partial charge < -0.3 is 5.73 Å². The molecule has 0 heterocycles. The number of hydrogen-bond donors (Lipinski definition) is 1. The van der Waals surface area contributed by atoms with E-state index in [4.69, 9.17) is 0 Å². The van der Waals surface area contributed by atoms with Gasteiger partial charge in [-0.15, -0.1) is 8.85 Å². The van der Waals surface area contributed by atoms with E-state index in [-0.39, 0.29) is 15.2 Å². The summed E-state index contributed by atoms with van der Waals surface area (Å²) < 4.78 is 2.90. The number of hydrogen-bond acceptors (Lipinski definition) is 1. The second-order valence-corrected chi connectivity index (χ2v) is 4.59. The molecule has 2 N–H and O–H groups in total. The van der Waals surface area contributed by atoms with E-state index in [1.54, 1.807) is 0 Å². The minimum absolute atomic E-state index is 0.271. The Bertz CT molecular complexity index is 321. The fourth-order valence-corrected chi connectivity index (χ4v) is 2.51. The first kappa shape index (κ1) is 12.0. The van der Waals surface area contributed by atoms with Crippen molar-refractivity contribution in [2.24, 2.45) is 5.73 Å². The molecule has 0 aliphatic heterocycles. The maximum atomic E-state index is 4.50. The first-order chi connectivity index (χ1) is 7.45. The fourth-order valence-electron chi connectivity index (χ4n) is 1.29. The van der Waals surface area contributed by atoms with Gasteiger partial charge in [-0.05, 0) is 7.05 Å². The zero-order valence-corrected chi connectivity index (χ0v) is 10.1. The van der Waals surface area contributed by atoms with Crippen molar-refractivity contribution < 1.29 is 0 Å². The molecule has 0 saturated carbocycles. The predicted molar refractivity (Wildman–Crippen MR) is 68.0 cm³/mol. The number of benzene rings is 2. The van der Waals surface area contributed by atoms with E-state index < -0.39 is 0 Å². The second kappa shape index (κ2) is 7.25. The van der Waals surface area contributed by atoms with E-state index in [2.05, 4.69) is 66.4 Å². The average Bonchev–Trinajstić information content (AvgIpc) is 2.34. The molecule has 1 nitrogen and oxygen atoms in total. The molecule has 2 rings (SSSR count). The van der Waals surface area contributed by atoms with Crippen LogP contribution in [0.2, 0.25) is 0 Å². The Labute approximate surface area is 97.7 Å². The van der Waals surface area contributed by atoms with E-state index in [0.717, 1.165) is 0 Å².